The Labute approximate surface area is 63.8 Å². The van der Waals surface area contributed by atoms with E-state index in [0.29, 0.717) is 0 Å². The highest BCUT2D eigenvalue weighted by Crippen LogP contribution is 2.25. The number of hydrogen-bond acceptors (Lipinski definition) is 1. The molecule has 0 aromatic rings. The molecule has 0 rings (SSSR count). The van der Waals surface area contributed by atoms with Gasteiger partial charge in [0.15, 0.2) is 0 Å². The average molecular weight is 142 g/mol. The monoisotopic (exact) mass is 142 g/mol. The highest BCUT2D eigenvalue weighted by Gasteiger charge is 2.27. The summed E-state index contributed by atoms with van der Waals surface area (Å²) in [5.41, 5.74) is -0.526. The fraction of sp³-hybridized carbons (Fsp3) is 0.778. The number of rotatable bonds is 4. The first-order chi connectivity index (χ1) is 4.60. The molecule has 0 aromatic carbocycles. The molecule has 10 heavy (non-hydrogen) atoms. The Morgan fingerprint density at radius 2 is 1.90 bits per heavy atom. The van der Waals surface area contributed by atoms with E-state index in [9.17, 15) is 5.11 Å². The fourth-order valence-electron chi connectivity index (χ4n) is 1.11. The third-order valence-electron chi connectivity index (χ3n) is 2.43. The minimum atomic E-state index is -0.526. The summed E-state index contributed by atoms with van der Waals surface area (Å²) < 4.78 is 0. The summed E-state index contributed by atoms with van der Waals surface area (Å²) in [7, 11) is 0. The highest BCUT2D eigenvalue weighted by molar-refractivity contribution is 4.91. The first-order valence-electron chi connectivity index (χ1n) is 3.95. The molecule has 0 saturated heterocycles. The molecule has 0 spiro atoms. The first kappa shape index (κ1) is 9.70. The largest absolute Gasteiger partial charge is 0.389 e. The lowest BCUT2D eigenvalue weighted by Crippen LogP contribution is -2.33. The van der Waals surface area contributed by atoms with Gasteiger partial charge in [0.2, 0.25) is 0 Å². The van der Waals surface area contributed by atoms with E-state index < -0.39 is 5.60 Å². The second-order valence-electron chi connectivity index (χ2n) is 2.84. The second kappa shape index (κ2) is 3.77. The van der Waals surface area contributed by atoms with Gasteiger partial charge in [-0.1, -0.05) is 26.8 Å². The molecule has 0 amide bonds. The molecule has 0 aliphatic carbocycles. The standard InChI is InChI=1S/C9H18O/c1-5-8(4)9(10,6-2)7-3/h5,8,10H,1,6-7H2,2-4H3. The SMILES string of the molecule is C=CC(C)C(O)(CC)CC. The summed E-state index contributed by atoms with van der Waals surface area (Å²) >= 11 is 0. The molecule has 60 valence electrons. The van der Waals surface area contributed by atoms with Crippen LogP contribution in [0.15, 0.2) is 12.7 Å². The number of aliphatic hydroxyl groups is 1. The van der Waals surface area contributed by atoms with E-state index in [2.05, 4.69) is 6.58 Å². The van der Waals surface area contributed by atoms with Gasteiger partial charge in [-0.25, -0.2) is 0 Å². The topological polar surface area (TPSA) is 20.2 Å². The molecule has 0 heterocycles. The van der Waals surface area contributed by atoms with Crippen molar-refractivity contribution in [2.45, 2.75) is 39.2 Å². The van der Waals surface area contributed by atoms with Crippen LogP contribution in [0.25, 0.3) is 0 Å². The van der Waals surface area contributed by atoms with Gasteiger partial charge in [-0.15, -0.1) is 6.58 Å². The van der Waals surface area contributed by atoms with E-state index >= 15 is 0 Å². The van der Waals surface area contributed by atoms with Gasteiger partial charge in [0.05, 0.1) is 5.60 Å². The van der Waals surface area contributed by atoms with Crippen LogP contribution in [-0.2, 0) is 0 Å². The van der Waals surface area contributed by atoms with Crippen LogP contribution >= 0.6 is 0 Å². The molecule has 0 aliphatic rings. The normalized spacial score (nSPS) is 14.8. The van der Waals surface area contributed by atoms with Gasteiger partial charge in [-0.2, -0.15) is 0 Å². The lowest BCUT2D eigenvalue weighted by atomic mass is 9.84. The Hall–Kier alpha value is -0.300. The third-order valence-corrected chi connectivity index (χ3v) is 2.43. The molecule has 0 aliphatic heterocycles. The molecule has 1 unspecified atom stereocenters. The lowest BCUT2D eigenvalue weighted by molar-refractivity contribution is -0.00164. The van der Waals surface area contributed by atoms with Crippen LogP contribution in [0, 0.1) is 5.92 Å². The van der Waals surface area contributed by atoms with Crippen molar-refractivity contribution >= 4 is 0 Å². The molecule has 1 nitrogen and oxygen atoms in total. The first-order valence-corrected chi connectivity index (χ1v) is 3.95. The van der Waals surface area contributed by atoms with Gasteiger partial charge in [0.25, 0.3) is 0 Å². The van der Waals surface area contributed by atoms with Crippen LogP contribution in [0.4, 0.5) is 0 Å². The molecule has 1 atom stereocenters. The van der Waals surface area contributed by atoms with Crippen molar-refractivity contribution < 1.29 is 5.11 Å². The van der Waals surface area contributed by atoms with E-state index in [1.807, 2.05) is 26.8 Å². The third kappa shape index (κ3) is 1.84. The van der Waals surface area contributed by atoms with Gasteiger partial charge in [0.1, 0.15) is 0 Å². The van der Waals surface area contributed by atoms with Gasteiger partial charge in [0, 0.05) is 5.92 Å². The Morgan fingerprint density at radius 3 is 2.00 bits per heavy atom. The summed E-state index contributed by atoms with van der Waals surface area (Å²) in [4.78, 5) is 0. The van der Waals surface area contributed by atoms with E-state index in [4.69, 9.17) is 0 Å². The van der Waals surface area contributed by atoms with Crippen LogP contribution in [-0.4, -0.2) is 10.7 Å². The summed E-state index contributed by atoms with van der Waals surface area (Å²) in [5.74, 6) is 0.197. The van der Waals surface area contributed by atoms with Crippen molar-refractivity contribution in [2.24, 2.45) is 5.92 Å². The van der Waals surface area contributed by atoms with Crippen molar-refractivity contribution in [3.8, 4) is 0 Å². The summed E-state index contributed by atoms with van der Waals surface area (Å²) in [6, 6.07) is 0. The Kier molecular flexibility index (Phi) is 3.66. The van der Waals surface area contributed by atoms with Crippen LogP contribution < -0.4 is 0 Å². The molecule has 0 saturated carbocycles. The molecular weight excluding hydrogens is 124 g/mol. The van der Waals surface area contributed by atoms with Crippen LogP contribution in [0.5, 0.6) is 0 Å². The summed E-state index contributed by atoms with van der Waals surface area (Å²) in [6.45, 7) is 9.67. The van der Waals surface area contributed by atoms with Crippen LogP contribution in [0.1, 0.15) is 33.6 Å². The fourth-order valence-corrected chi connectivity index (χ4v) is 1.11. The van der Waals surface area contributed by atoms with Crippen molar-refractivity contribution in [1.29, 1.82) is 0 Å². The lowest BCUT2D eigenvalue weighted by Gasteiger charge is -2.29. The highest BCUT2D eigenvalue weighted by atomic mass is 16.3. The van der Waals surface area contributed by atoms with Crippen molar-refractivity contribution in [2.75, 3.05) is 0 Å². The number of hydrogen-bond donors (Lipinski definition) is 1. The van der Waals surface area contributed by atoms with Crippen LogP contribution in [0.2, 0.25) is 0 Å². The summed E-state index contributed by atoms with van der Waals surface area (Å²) in [6.07, 6.45) is 3.42. The van der Waals surface area contributed by atoms with Crippen LogP contribution in [0.3, 0.4) is 0 Å². The van der Waals surface area contributed by atoms with Gasteiger partial charge >= 0.3 is 0 Å². The van der Waals surface area contributed by atoms with E-state index in [1.165, 1.54) is 0 Å². The molecule has 0 fully saturated rings. The zero-order valence-corrected chi connectivity index (χ0v) is 7.22. The molecular formula is C9H18O. The molecule has 0 radical (unpaired) electrons. The maximum Gasteiger partial charge on any atom is 0.0702 e. The predicted octanol–water partition coefficient (Wildman–Crippen LogP) is 2.36. The second-order valence-corrected chi connectivity index (χ2v) is 2.84. The van der Waals surface area contributed by atoms with E-state index in [-0.39, 0.29) is 5.92 Å². The molecule has 1 N–H and O–H groups in total. The average Bonchev–Trinajstić information content (AvgIpc) is 2.01. The predicted molar refractivity (Wildman–Crippen MR) is 44.9 cm³/mol. The van der Waals surface area contributed by atoms with E-state index in [0.717, 1.165) is 12.8 Å². The maximum atomic E-state index is 9.83. The zero-order chi connectivity index (χ0) is 8.20. The Bertz CT molecular complexity index is 103. The van der Waals surface area contributed by atoms with E-state index in [1.54, 1.807) is 0 Å². The summed E-state index contributed by atoms with van der Waals surface area (Å²) in [5, 5.41) is 9.83. The molecule has 1 heteroatoms. The molecule has 0 bridgehead atoms. The maximum absolute atomic E-state index is 9.83. The Balaban J connectivity index is 4.15. The minimum absolute atomic E-state index is 0.197. The van der Waals surface area contributed by atoms with Crippen molar-refractivity contribution in [3.05, 3.63) is 12.7 Å². The minimum Gasteiger partial charge on any atom is -0.389 e. The molecule has 0 aromatic heterocycles. The van der Waals surface area contributed by atoms with Gasteiger partial charge in [-0.3, -0.25) is 0 Å². The van der Waals surface area contributed by atoms with Crippen molar-refractivity contribution in [1.82, 2.24) is 0 Å². The van der Waals surface area contributed by atoms with Gasteiger partial charge in [-0.05, 0) is 12.8 Å². The Morgan fingerprint density at radius 1 is 1.50 bits per heavy atom. The zero-order valence-electron chi connectivity index (χ0n) is 7.22. The van der Waals surface area contributed by atoms with Crippen molar-refractivity contribution in [3.63, 3.8) is 0 Å². The quantitative estimate of drug-likeness (QED) is 0.597. The van der Waals surface area contributed by atoms with Gasteiger partial charge < -0.3 is 5.11 Å². The smallest absolute Gasteiger partial charge is 0.0702 e.